The van der Waals surface area contributed by atoms with E-state index in [2.05, 4.69) is 4.99 Å². The molecular formula is C8H5NS. The van der Waals surface area contributed by atoms with Crippen molar-refractivity contribution in [2.75, 3.05) is 0 Å². The van der Waals surface area contributed by atoms with Crippen LogP contribution in [0.2, 0.25) is 0 Å². The molecule has 1 aromatic rings. The molecule has 0 atom stereocenters. The Kier molecular flexibility index (Phi) is 1.14. The van der Waals surface area contributed by atoms with E-state index in [1.807, 2.05) is 30.3 Å². The van der Waals surface area contributed by atoms with E-state index in [4.69, 9.17) is 12.2 Å². The van der Waals surface area contributed by atoms with E-state index in [1.54, 1.807) is 0 Å². The number of nitrogens with zero attached hydrogens (tertiary/aromatic N) is 1. The van der Waals surface area contributed by atoms with Gasteiger partial charge in [0.15, 0.2) is 0 Å². The van der Waals surface area contributed by atoms with Crippen LogP contribution >= 0.6 is 12.2 Å². The molecule has 0 bridgehead atoms. The van der Waals surface area contributed by atoms with Gasteiger partial charge >= 0.3 is 0 Å². The standard InChI is InChI=1S/C8H5NS/c10-8-5-6-3-1-2-4-7(6)9-8/h1-5H. The number of para-hydroxylation sites is 1. The molecule has 0 N–H and O–H groups in total. The van der Waals surface area contributed by atoms with E-state index in [0.29, 0.717) is 4.99 Å². The van der Waals surface area contributed by atoms with Crippen LogP contribution in [0.1, 0.15) is 0 Å². The molecule has 0 aromatic heterocycles. The second-order valence-electron chi connectivity index (χ2n) is 2.15. The number of thiocarbonyl (C=S) groups is 1. The summed E-state index contributed by atoms with van der Waals surface area (Å²) in [4.78, 5) is 4.81. The van der Waals surface area contributed by atoms with Gasteiger partial charge in [0.05, 0.1) is 5.36 Å². The van der Waals surface area contributed by atoms with Crippen LogP contribution in [0.5, 0.6) is 0 Å². The van der Waals surface area contributed by atoms with Crippen LogP contribution in [-0.2, 0) is 0 Å². The van der Waals surface area contributed by atoms with E-state index in [1.165, 1.54) is 0 Å². The van der Waals surface area contributed by atoms with Gasteiger partial charge in [0, 0.05) is 5.22 Å². The smallest absolute Gasteiger partial charge is 0.127 e. The molecule has 1 aliphatic heterocycles. The summed E-state index contributed by atoms with van der Waals surface area (Å²) in [6, 6.07) is 7.92. The predicted molar refractivity (Wildman–Crippen MR) is 44.3 cm³/mol. The molecule has 0 spiro atoms. The molecule has 2 heteroatoms. The molecule has 0 aliphatic carbocycles. The molecule has 1 aliphatic rings. The first-order valence-electron chi connectivity index (χ1n) is 3.06. The molecule has 1 aromatic carbocycles. The predicted octanol–water partition coefficient (Wildman–Crippen LogP) is 0.428. The first-order chi connectivity index (χ1) is 4.86. The van der Waals surface area contributed by atoms with E-state index in [-0.39, 0.29) is 0 Å². The Hall–Kier alpha value is -1.02. The SMILES string of the molecule is S=C1C=c2ccccc2=N1. The largest absolute Gasteiger partial charge is 0.237 e. The molecule has 10 heavy (non-hydrogen) atoms. The fourth-order valence-corrected chi connectivity index (χ4v) is 1.22. The lowest BCUT2D eigenvalue weighted by molar-refractivity contribution is 1.41. The van der Waals surface area contributed by atoms with E-state index in [9.17, 15) is 0 Å². The lowest BCUT2D eigenvalue weighted by atomic mass is 10.3. The number of benzene rings is 1. The highest BCUT2D eigenvalue weighted by molar-refractivity contribution is 7.81. The first kappa shape index (κ1) is 5.74. The Balaban J connectivity index is 2.96. The molecule has 0 amide bonds. The summed E-state index contributed by atoms with van der Waals surface area (Å²) in [6.07, 6.45) is 1.91. The summed E-state index contributed by atoms with van der Waals surface area (Å²) in [5.74, 6) is 0. The number of hydrogen-bond acceptors (Lipinski definition) is 1. The minimum atomic E-state index is 0.682. The number of fused-ring (bicyclic) bond motifs is 1. The minimum absolute atomic E-state index is 0.682. The number of rotatable bonds is 0. The van der Waals surface area contributed by atoms with Crippen molar-refractivity contribution < 1.29 is 0 Å². The van der Waals surface area contributed by atoms with Crippen molar-refractivity contribution in [2.24, 2.45) is 4.99 Å². The highest BCUT2D eigenvalue weighted by Crippen LogP contribution is 1.85. The maximum Gasteiger partial charge on any atom is 0.127 e. The highest BCUT2D eigenvalue weighted by Gasteiger charge is 1.95. The van der Waals surface area contributed by atoms with Gasteiger partial charge in [-0.25, -0.2) is 4.99 Å². The molecule has 48 valence electrons. The third-order valence-corrected chi connectivity index (χ3v) is 1.66. The molecule has 0 fully saturated rings. The summed E-state index contributed by atoms with van der Waals surface area (Å²) < 4.78 is 0. The zero-order chi connectivity index (χ0) is 6.97. The quantitative estimate of drug-likeness (QED) is 0.485. The van der Waals surface area contributed by atoms with Gasteiger partial charge in [-0.3, -0.25) is 0 Å². The van der Waals surface area contributed by atoms with Crippen molar-refractivity contribution in [1.82, 2.24) is 0 Å². The summed E-state index contributed by atoms with van der Waals surface area (Å²) in [5, 5.41) is 2.13. The van der Waals surface area contributed by atoms with Crippen LogP contribution < -0.4 is 10.6 Å². The van der Waals surface area contributed by atoms with Crippen LogP contribution in [-0.4, -0.2) is 4.99 Å². The topological polar surface area (TPSA) is 12.4 Å². The van der Waals surface area contributed by atoms with Gasteiger partial charge in [-0.2, -0.15) is 0 Å². The van der Waals surface area contributed by atoms with Gasteiger partial charge in [0.1, 0.15) is 4.99 Å². The summed E-state index contributed by atoms with van der Waals surface area (Å²) in [6.45, 7) is 0. The van der Waals surface area contributed by atoms with Gasteiger partial charge in [-0.05, 0) is 12.1 Å². The molecule has 2 rings (SSSR count). The van der Waals surface area contributed by atoms with Crippen molar-refractivity contribution >= 4 is 23.3 Å². The molecule has 0 unspecified atom stereocenters. The highest BCUT2D eigenvalue weighted by atomic mass is 32.1. The average Bonchev–Trinajstić information content (AvgIpc) is 2.27. The van der Waals surface area contributed by atoms with Crippen molar-refractivity contribution in [3.05, 3.63) is 34.8 Å². The fraction of sp³-hybridized carbons (Fsp3) is 0. The van der Waals surface area contributed by atoms with Gasteiger partial charge in [-0.15, -0.1) is 0 Å². The van der Waals surface area contributed by atoms with E-state index >= 15 is 0 Å². The second kappa shape index (κ2) is 1.99. The Labute approximate surface area is 63.7 Å². The van der Waals surface area contributed by atoms with E-state index < -0.39 is 0 Å². The average molecular weight is 147 g/mol. The van der Waals surface area contributed by atoms with Gasteiger partial charge in [0.25, 0.3) is 0 Å². The Morgan fingerprint density at radius 1 is 1.20 bits per heavy atom. The zero-order valence-corrected chi connectivity index (χ0v) is 6.06. The third-order valence-electron chi connectivity index (χ3n) is 1.45. The van der Waals surface area contributed by atoms with Crippen molar-refractivity contribution in [3.63, 3.8) is 0 Å². The first-order valence-corrected chi connectivity index (χ1v) is 3.46. The van der Waals surface area contributed by atoms with E-state index in [0.717, 1.165) is 10.6 Å². The summed E-state index contributed by atoms with van der Waals surface area (Å²) in [7, 11) is 0. The maximum absolute atomic E-state index is 4.90. The summed E-state index contributed by atoms with van der Waals surface area (Å²) >= 11 is 4.90. The second-order valence-corrected chi connectivity index (χ2v) is 2.57. The molecular weight excluding hydrogens is 142 g/mol. The Morgan fingerprint density at radius 3 is 2.80 bits per heavy atom. The molecule has 0 saturated carbocycles. The van der Waals surface area contributed by atoms with Crippen molar-refractivity contribution in [3.8, 4) is 0 Å². The van der Waals surface area contributed by atoms with Crippen LogP contribution in [0.3, 0.4) is 0 Å². The van der Waals surface area contributed by atoms with Gasteiger partial charge in [0.2, 0.25) is 0 Å². The molecule has 1 heterocycles. The summed E-state index contributed by atoms with van der Waals surface area (Å²) in [5.41, 5.74) is 0. The van der Waals surface area contributed by atoms with Crippen molar-refractivity contribution in [2.45, 2.75) is 0 Å². The normalized spacial score (nSPS) is 13.8. The lowest BCUT2D eigenvalue weighted by Gasteiger charge is -1.77. The van der Waals surface area contributed by atoms with Crippen molar-refractivity contribution in [1.29, 1.82) is 0 Å². The fourth-order valence-electron chi connectivity index (χ4n) is 0.995. The van der Waals surface area contributed by atoms with Gasteiger partial charge < -0.3 is 0 Å². The molecule has 0 radical (unpaired) electrons. The van der Waals surface area contributed by atoms with Gasteiger partial charge in [-0.1, -0.05) is 30.4 Å². The van der Waals surface area contributed by atoms with Crippen LogP contribution in [0, 0.1) is 0 Å². The van der Waals surface area contributed by atoms with Crippen LogP contribution in [0.25, 0.3) is 6.08 Å². The lowest BCUT2D eigenvalue weighted by Crippen LogP contribution is -2.19. The number of hydrogen-bond donors (Lipinski definition) is 0. The minimum Gasteiger partial charge on any atom is -0.237 e. The Bertz CT molecular complexity index is 355. The molecule has 0 saturated heterocycles. The monoisotopic (exact) mass is 147 g/mol. The third kappa shape index (κ3) is 0.772. The van der Waals surface area contributed by atoms with Crippen LogP contribution in [0.15, 0.2) is 29.3 Å². The van der Waals surface area contributed by atoms with Crippen LogP contribution in [0.4, 0.5) is 0 Å². The Morgan fingerprint density at radius 2 is 2.00 bits per heavy atom. The molecule has 1 nitrogen and oxygen atoms in total. The maximum atomic E-state index is 4.90. The zero-order valence-electron chi connectivity index (χ0n) is 5.24.